The third-order valence-electron chi connectivity index (χ3n) is 3.86. The van der Waals surface area contributed by atoms with Gasteiger partial charge in [0.15, 0.2) is 6.61 Å². The monoisotopic (exact) mass is 404 g/mol. The topological polar surface area (TPSA) is 84.5 Å². The van der Waals surface area contributed by atoms with E-state index in [4.69, 9.17) is 16.3 Å². The van der Waals surface area contributed by atoms with Crippen molar-refractivity contribution in [3.8, 4) is 0 Å². The van der Waals surface area contributed by atoms with Gasteiger partial charge in [0.05, 0.1) is 16.5 Å². The van der Waals surface area contributed by atoms with E-state index in [2.05, 4.69) is 10.6 Å². The lowest BCUT2D eigenvalue weighted by Gasteiger charge is -2.21. The van der Waals surface area contributed by atoms with E-state index in [9.17, 15) is 14.4 Å². The molecular formula is C19H17ClN2O4S. The minimum Gasteiger partial charge on any atom is -0.452 e. The molecule has 2 amide bonds. The van der Waals surface area contributed by atoms with Gasteiger partial charge in [-0.15, -0.1) is 11.8 Å². The van der Waals surface area contributed by atoms with Crippen LogP contribution in [0.25, 0.3) is 0 Å². The molecule has 0 saturated heterocycles. The summed E-state index contributed by atoms with van der Waals surface area (Å²) in [7, 11) is 0. The Bertz CT molecular complexity index is 903. The van der Waals surface area contributed by atoms with E-state index in [0.29, 0.717) is 10.7 Å². The molecule has 2 N–H and O–H groups in total. The highest BCUT2D eigenvalue weighted by molar-refractivity contribution is 8.00. The molecule has 3 rings (SSSR count). The molecule has 1 heterocycles. The zero-order valence-corrected chi connectivity index (χ0v) is 16.0. The van der Waals surface area contributed by atoms with Crippen LogP contribution in [-0.2, 0) is 20.9 Å². The second-order valence-electron chi connectivity index (χ2n) is 5.94. The average molecular weight is 405 g/mol. The number of carbonyl (C=O) groups is 3. The minimum absolute atomic E-state index is 0.113. The first-order valence-electron chi connectivity index (χ1n) is 8.22. The molecule has 0 spiro atoms. The quantitative estimate of drug-likeness (QED) is 0.747. The Morgan fingerprint density at radius 2 is 2.07 bits per heavy atom. The predicted octanol–water partition coefficient (Wildman–Crippen LogP) is 3.25. The lowest BCUT2D eigenvalue weighted by Crippen LogP contribution is -2.28. The van der Waals surface area contributed by atoms with Gasteiger partial charge in [0.2, 0.25) is 5.91 Å². The maximum atomic E-state index is 12.2. The molecule has 1 atom stereocenters. The molecule has 1 aliphatic heterocycles. The molecule has 8 heteroatoms. The molecule has 27 heavy (non-hydrogen) atoms. The van der Waals surface area contributed by atoms with E-state index in [1.807, 2.05) is 13.0 Å². The van der Waals surface area contributed by atoms with E-state index in [-0.39, 0.29) is 23.3 Å². The Kier molecular flexibility index (Phi) is 6.03. The van der Waals surface area contributed by atoms with E-state index >= 15 is 0 Å². The normalized spacial score (nSPS) is 15.5. The van der Waals surface area contributed by atoms with Gasteiger partial charge in [0, 0.05) is 16.5 Å². The number of anilines is 1. The number of nitrogens with one attached hydrogen (secondary N) is 2. The van der Waals surface area contributed by atoms with Crippen molar-refractivity contribution in [1.82, 2.24) is 5.32 Å². The third kappa shape index (κ3) is 5.02. The van der Waals surface area contributed by atoms with Crippen LogP contribution < -0.4 is 10.6 Å². The number of fused-ring (bicyclic) bond motifs is 1. The number of thioether (sulfide) groups is 1. The van der Waals surface area contributed by atoms with Crippen LogP contribution >= 0.6 is 23.4 Å². The van der Waals surface area contributed by atoms with Crippen molar-refractivity contribution in [3.63, 3.8) is 0 Å². The smallest absolute Gasteiger partial charge is 0.338 e. The summed E-state index contributed by atoms with van der Waals surface area (Å²) in [6.45, 7) is 1.71. The zero-order valence-electron chi connectivity index (χ0n) is 14.5. The number of ether oxygens (including phenoxy) is 1. The number of hydrogen-bond acceptors (Lipinski definition) is 5. The Morgan fingerprint density at radius 3 is 2.85 bits per heavy atom. The summed E-state index contributed by atoms with van der Waals surface area (Å²) in [5, 5.41) is 5.82. The van der Waals surface area contributed by atoms with Crippen LogP contribution in [0.2, 0.25) is 5.02 Å². The van der Waals surface area contributed by atoms with Crippen molar-refractivity contribution in [1.29, 1.82) is 0 Å². The van der Waals surface area contributed by atoms with Crippen molar-refractivity contribution in [3.05, 3.63) is 58.6 Å². The summed E-state index contributed by atoms with van der Waals surface area (Å²) >= 11 is 7.31. The molecule has 0 aliphatic carbocycles. The summed E-state index contributed by atoms with van der Waals surface area (Å²) in [5.41, 5.74) is 1.69. The molecule has 0 bridgehead atoms. The van der Waals surface area contributed by atoms with Crippen LogP contribution in [0.15, 0.2) is 47.4 Å². The van der Waals surface area contributed by atoms with Gasteiger partial charge in [-0.1, -0.05) is 23.7 Å². The third-order valence-corrected chi connectivity index (χ3v) is 5.27. The van der Waals surface area contributed by atoms with Gasteiger partial charge < -0.3 is 15.4 Å². The van der Waals surface area contributed by atoms with Gasteiger partial charge in [0.25, 0.3) is 5.91 Å². The summed E-state index contributed by atoms with van der Waals surface area (Å²) in [6, 6.07) is 12.0. The fourth-order valence-electron chi connectivity index (χ4n) is 2.45. The van der Waals surface area contributed by atoms with Gasteiger partial charge in [-0.05, 0) is 42.8 Å². The van der Waals surface area contributed by atoms with Crippen molar-refractivity contribution in [2.24, 2.45) is 0 Å². The van der Waals surface area contributed by atoms with Crippen molar-refractivity contribution in [2.75, 3.05) is 11.9 Å². The number of halogens is 1. The standard InChI is InChI=1S/C19H17ClN2O4S/c1-11-18(24)22-15-8-13(5-6-16(15)27-11)19(25)26-10-17(23)21-9-12-3-2-4-14(20)7-12/h2-8,11H,9-10H2,1H3,(H,21,23)(H,22,24). The van der Waals surface area contributed by atoms with Crippen LogP contribution in [0.5, 0.6) is 0 Å². The van der Waals surface area contributed by atoms with Crippen molar-refractivity contribution >= 4 is 46.8 Å². The molecule has 1 unspecified atom stereocenters. The van der Waals surface area contributed by atoms with Gasteiger partial charge >= 0.3 is 5.97 Å². The minimum atomic E-state index is -0.631. The SMILES string of the molecule is CC1Sc2ccc(C(=O)OCC(=O)NCc3cccc(Cl)c3)cc2NC1=O. The fourth-order valence-corrected chi connectivity index (χ4v) is 3.59. The predicted molar refractivity (Wildman–Crippen MR) is 104 cm³/mol. The second-order valence-corrected chi connectivity index (χ2v) is 7.76. The molecule has 2 aromatic rings. The summed E-state index contributed by atoms with van der Waals surface area (Å²) < 4.78 is 5.04. The largest absolute Gasteiger partial charge is 0.452 e. The molecule has 0 saturated carbocycles. The molecular weight excluding hydrogens is 388 g/mol. The number of esters is 1. The molecule has 1 aliphatic rings. The molecule has 6 nitrogen and oxygen atoms in total. The zero-order chi connectivity index (χ0) is 19.4. The summed E-state index contributed by atoms with van der Waals surface area (Å²) in [6.07, 6.45) is 0. The lowest BCUT2D eigenvalue weighted by atomic mass is 10.2. The highest BCUT2D eigenvalue weighted by atomic mass is 35.5. The van der Waals surface area contributed by atoms with Crippen LogP contribution in [0, 0.1) is 0 Å². The maximum absolute atomic E-state index is 12.2. The first kappa shape index (κ1) is 19.3. The first-order chi connectivity index (χ1) is 12.9. The molecule has 2 aromatic carbocycles. The first-order valence-corrected chi connectivity index (χ1v) is 9.48. The van der Waals surface area contributed by atoms with Crippen LogP contribution in [0.4, 0.5) is 5.69 Å². The molecule has 140 valence electrons. The number of amides is 2. The number of carbonyl (C=O) groups excluding carboxylic acids is 3. The van der Waals surface area contributed by atoms with Crippen LogP contribution in [0.1, 0.15) is 22.8 Å². The molecule has 0 radical (unpaired) electrons. The molecule has 0 fully saturated rings. The summed E-state index contributed by atoms with van der Waals surface area (Å²) in [5.74, 6) is -1.16. The van der Waals surface area contributed by atoms with Gasteiger partial charge in [-0.25, -0.2) is 4.79 Å². The van der Waals surface area contributed by atoms with Crippen molar-refractivity contribution < 1.29 is 19.1 Å². The van der Waals surface area contributed by atoms with Crippen LogP contribution in [-0.4, -0.2) is 29.6 Å². The number of benzene rings is 2. The fraction of sp³-hybridized carbons (Fsp3) is 0.211. The molecule has 0 aromatic heterocycles. The highest BCUT2D eigenvalue weighted by Crippen LogP contribution is 2.36. The van der Waals surface area contributed by atoms with Crippen LogP contribution in [0.3, 0.4) is 0 Å². The average Bonchev–Trinajstić information content (AvgIpc) is 2.65. The second kappa shape index (κ2) is 8.45. The number of rotatable bonds is 5. The Hall–Kier alpha value is -2.51. The Balaban J connectivity index is 1.52. The van der Waals surface area contributed by atoms with E-state index in [0.717, 1.165) is 10.5 Å². The van der Waals surface area contributed by atoms with E-state index in [1.165, 1.54) is 11.8 Å². The van der Waals surface area contributed by atoms with E-state index in [1.54, 1.807) is 36.4 Å². The Morgan fingerprint density at radius 1 is 1.26 bits per heavy atom. The lowest BCUT2D eigenvalue weighted by molar-refractivity contribution is -0.124. The Labute approximate surface area is 165 Å². The van der Waals surface area contributed by atoms with E-state index < -0.39 is 18.5 Å². The number of hydrogen-bond donors (Lipinski definition) is 2. The van der Waals surface area contributed by atoms with Gasteiger partial charge in [-0.2, -0.15) is 0 Å². The van der Waals surface area contributed by atoms with Crippen molar-refractivity contribution in [2.45, 2.75) is 23.6 Å². The summed E-state index contributed by atoms with van der Waals surface area (Å²) in [4.78, 5) is 36.7. The maximum Gasteiger partial charge on any atom is 0.338 e. The van der Waals surface area contributed by atoms with Gasteiger partial charge in [0.1, 0.15) is 0 Å². The van der Waals surface area contributed by atoms with Gasteiger partial charge in [-0.3, -0.25) is 9.59 Å². The highest BCUT2D eigenvalue weighted by Gasteiger charge is 2.24.